The van der Waals surface area contributed by atoms with E-state index in [9.17, 15) is 13.2 Å². The topological polar surface area (TPSA) is 67.6 Å². The summed E-state index contributed by atoms with van der Waals surface area (Å²) >= 11 is 3.45. The van der Waals surface area contributed by atoms with E-state index < -0.39 is 11.7 Å². The van der Waals surface area contributed by atoms with Crippen molar-refractivity contribution < 1.29 is 13.2 Å². The number of alkyl halides is 3. The van der Waals surface area contributed by atoms with E-state index in [0.29, 0.717) is 16.8 Å². The lowest BCUT2D eigenvalue weighted by Crippen LogP contribution is -2.04. The Labute approximate surface area is 160 Å². The van der Waals surface area contributed by atoms with Gasteiger partial charge in [-0.2, -0.15) is 13.2 Å². The Bertz CT molecular complexity index is 1130. The van der Waals surface area contributed by atoms with E-state index in [1.54, 1.807) is 6.20 Å². The molecule has 8 heteroatoms. The van der Waals surface area contributed by atoms with Gasteiger partial charge in [0.15, 0.2) is 0 Å². The average Bonchev–Trinajstić information content (AvgIpc) is 3.04. The standard InChI is InChI=1S/C19H12BrF3N4/c20-12-5-6-16-13(7-12)15(9-25-16)17-14(8-26-18(24)27-17)10-1-3-11(4-2-10)19(21,22)23/h1-9,25H,(H2,24,26,27). The van der Waals surface area contributed by atoms with E-state index in [1.807, 2.05) is 18.2 Å². The van der Waals surface area contributed by atoms with E-state index in [2.05, 4.69) is 30.9 Å². The minimum Gasteiger partial charge on any atom is -0.368 e. The highest BCUT2D eigenvalue weighted by atomic mass is 79.9. The van der Waals surface area contributed by atoms with Crippen LogP contribution in [0, 0.1) is 0 Å². The van der Waals surface area contributed by atoms with Gasteiger partial charge < -0.3 is 10.7 Å². The van der Waals surface area contributed by atoms with Gasteiger partial charge in [-0.3, -0.25) is 0 Å². The summed E-state index contributed by atoms with van der Waals surface area (Å²) in [7, 11) is 0. The smallest absolute Gasteiger partial charge is 0.368 e. The van der Waals surface area contributed by atoms with Gasteiger partial charge in [-0.15, -0.1) is 0 Å². The second-order valence-corrected chi connectivity index (χ2v) is 6.87. The minimum absolute atomic E-state index is 0.0880. The van der Waals surface area contributed by atoms with Crippen LogP contribution >= 0.6 is 15.9 Å². The fourth-order valence-corrected chi connectivity index (χ4v) is 3.30. The molecule has 2 heterocycles. The van der Waals surface area contributed by atoms with Gasteiger partial charge in [-0.05, 0) is 35.9 Å². The van der Waals surface area contributed by atoms with Crippen LogP contribution in [0.4, 0.5) is 19.1 Å². The highest BCUT2D eigenvalue weighted by Gasteiger charge is 2.30. The van der Waals surface area contributed by atoms with Crippen LogP contribution < -0.4 is 5.73 Å². The third-order valence-electron chi connectivity index (χ3n) is 4.23. The fraction of sp³-hybridized carbons (Fsp3) is 0.0526. The third-order valence-corrected chi connectivity index (χ3v) is 4.72. The summed E-state index contributed by atoms with van der Waals surface area (Å²) < 4.78 is 39.4. The van der Waals surface area contributed by atoms with Gasteiger partial charge in [0, 0.05) is 38.9 Å². The van der Waals surface area contributed by atoms with E-state index >= 15 is 0 Å². The molecule has 4 aromatic rings. The number of nitrogen functional groups attached to an aromatic ring is 1. The number of H-pyrrole nitrogens is 1. The zero-order valence-corrected chi connectivity index (χ0v) is 15.3. The van der Waals surface area contributed by atoms with Gasteiger partial charge in [-0.25, -0.2) is 9.97 Å². The average molecular weight is 433 g/mol. The predicted octanol–water partition coefficient (Wildman–Crippen LogP) is 5.66. The number of nitrogens with zero attached hydrogens (tertiary/aromatic N) is 2. The Hall–Kier alpha value is -2.87. The molecule has 0 spiro atoms. The lowest BCUT2D eigenvalue weighted by atomic mass is 9.99. The molecule has 0 saturated heterocycles. The summed E-state index contributed by atoms with van der Waals surface area (Å²) in [5, 5.41) is 0.913. The van der Waals surface area contributed by atoms with E-state index in [0.717, 1.165) is 33.1 Å². The Kier molecular flexibility index (Phi) is 4.15. The van der Waals surface area contributed by atoms with Crippen LogP contribution in [0.2, 0.25) is 0 Å². The second kappa shape index (κ2) is 6.38. The highest BCUT2D eigenvalue weighted by Crippen LogP contribution is 2.37. The number of nitrogens with two attached hydrogens (primary N) is 1. The zero-order valence-electron chi connectivity index (χ0n) is 13.7. The number of anilines is 1. The van der Waals surface area contributed by atoms with Crippen molar-refractivity contribution in [3.8, 4) is 22.4 Å². The van der Waals surface area contributed by atoms with E-state index in [1.165, 1.54) is 18.3 Å². The van der Waals surface area contributed by atoms with Gasteiger partial charge in [0.2, 0.25) is 5.95 Å². The first kappa shape index (κ1) is 17.5. The molecule has 4 nitrogen and oxygen atoms in total. The molecule has 136 valence electrons. The molecule has 27 heavy (non-hydrogen) atoms. The molecule has 2 aromatic heterocycles. The Morgan fingerprint density at radius 2 is 1.74 bits per heavy atom. The molecule has 0 aliphatic rings. The van der Waals surface area contributed by atoms with Crippen molar-refractivity contribution in [2.45, 2.75) is 6.18 Å². The quantitative estimate of drug-likeness (QED) is 0.429. The van der Waals surface area contributed by atoms with Gasteiger partial charge in [0.25, 0.3) is 0 Å². The molecular weight excluding hydrogens is 421 g/mol. The highest BCUT2D eigenvalue weighted by molar-refractivity contribution is 9.10. The Morgan fingerprint density at radius 3 is 2.44 bits per heavy atom. The first-order chi connectivity index (χ1) is 12.8. The molecule has 0 atom stereocenters. The summed E-state index contributed by atoms with van der Waals surface area (Å²) in [6, 6.07) is 10.7. The molecule has 0 bridgehead atoms. The van der Waals surface area contributed by atoms with Crippen molar-refractivity contribution in [2.24, 2.45) is 0 Å². The Morgan fingerprint density at radius 1 is 1.00 bits per heavy atom. The molecule has 2 aromatic carbocycles. The van der Waals surface area contributed by atoms with E-state index in [-0.39, 0.29) is 5.95 Å². The molecule has 3 N–H and O–H groups in total. The first-order valence-corrected chi connectivity index (χ1v) is 8.69. The largest absolute Gasteiger partial charge is 0.416 e. The molecule has 0 amide bonds. The van der Waals surface area contributed by atoms with Gasteiger partial charge in [0.05, 0.1) is 11.3 Å². The molecule has 4 rings (SSSR count). The summed E-state index contributed by atoms with van der Waals surface area (Å²) in [6.07, 6.45) is -1.06. The lowest BCUT2D eigenvalue weighted by Gasteiger charge is -2.11. The first-order valence-electron chi connectivity index (χ1n) is 7.90. The van der Waals surface area contributed by atoms with Crippen LogP contribution in [-0.4, -0.2) is 15.0 Å². The number of fused-ring (bicyclic) bond motifs is 1. The number of nitrogens with one attached hydrogen (secondary N) is 1. The van der Waals surface area contributed by atoms with Crippen LogP contribution in [-0.2, 0) is 6.18 Å². The number of benzene rings is 2. The van der Waals surface area contributed by atoms with Crippen molar-refractivity contribution in [1.82, 2.24) is 15.0 Å². The molecular formula is C19H12BrF3N4. The van der Waals surface area contributed by atoms with Gasteiger partial charge >= 0.3 is 6.18 Å². The SMILES string of the molecule is Nc1ncc(-c2ccc(C(F)(F)F)cc2)c(-c2c[nH]c3ccc(Br)cc23)n1. The van der Waals surface area contributed by atoms with Crippen LogP contribution in [0.3, 0.4) is 0 Å². The Balaban J connectivity index is 1.89. The van der Waals surface area contributed by atoms with Crippen LogP contribution in [0.5, 0.6) is 0 Å². The van der Waals surface area contributed by atoms with Gasteiger partial charge in [-0.1, -0.05) is 28.1 Å². The summed E-state index contributed by atoms with van der Waals surface area (Å²) in [6.45, 7) is 0. The van der Waals surface area contributed by atoms with Crippen LogP contribution in [0.15, 0.2) is 59.3 Å². The summed E-state index contributed by atoms with van der Waals surface area (Å²) in [5.74, 6) is 0.0880. The van der Waals surface area contributed by atoms with Crippen molar-refractivity contribution in [1.29, 1.82) is 0 Å². The molecule has 0 radical (unpaired) electrons. The zero-order chi connectivity index (χ0) is 19.2. The fourth-order valence-electron chi connectivity index (χ4n) is 2.94. The minimum atomic E-state index is -4.39. The maximum atomic E-state index is 12.8. The molecule has 0 aliphatic carbocycles. The van der Waals surface area contributed by atoms with Gasteiger partial charge in [0.1, 0.15) is 0 Å². The van der Waals surface area contributed by atoms with Crippen LogP contribution in [0.25, 0.3) is 33.3 Å². The van der Waals surface area contributed by atoms with Crippen molar-refractivity contribution >= 4 is 32.8 Å². The summed E-state index contributed by atoms with van der Waals surface area (Å²) in [5.41, 5.74) is 8.48. The van der Waals surface area contributed by atoms with Crippen LogP contribution in [0.1, 0.15) is 5.56 Å². The molecule has 0 fully saturated rings. The number of halogens is 4. The number of rotatable bonds is 2. The normalized spacial score (nSPS) is 11.9. The van der Waals surface area contributed by atoms with Crippen molar-refractivity contribution in [3.63, 3.8) is 0 Å². The van der Waals surface area contributed by atoms with Crippen molar-refractivity contribution in [3.05, 3.63) is 64.9 Å². The molecule has 0 aliphatic heterocycles. The second-order valence-electron chi connectivity index (χ2n) is 5.96. The molecule has 0 saturated carbocycles. The van der Waals surface area contributed by atoms with Crippen molar-refractivity contribution in [2.75, 3.05) is 5.73 Å². The maximum absolute atomic E-state index is 12.8. The number of aromatic nitrogens is 3. The number of hydrogen-bond acceptors (Lipinski definition) is 3. The predicted molar refractivity (Wildman–Crippen MR) is 102 cm³/mol. The summed E-state index contributed by atoms with van der Waals surface area (Å²) in [4.78, 5) is 11.5. The third kappa shape index (κ3) is 3.28. The monoisotopic (exact) mass is 432 g/mol. The molecule has 0 unspecified atom stereocenters. The maximum Gasteiger partial charge on any atom is 0.416 e. The number of aromatic amines is 1. The number of hydrogen-bond donors (Lipinski definition) is 2. The van der Waals surface area contributed by atoms with E-state index in [4.69, 9.17) is 5.73 Å². The lowest BCUT2D eigenvalue weighted by molar-refractivity contribution is -0.137.